The van der Waals surface area contributed by atoms with Crippen LogP contribution in [0, 0.1) is 5.41 Å². The number of alkyl carbamates (subject to hydrolysis) is 1. The Bertz CT molecular complexity index is 1270. The van der Waals surface area contributed by atoms with E-state index in [-0.39, 0.29) is 13.2 Å². The van der Waals surface area contributed by atoms with Gasteiger partial charge >= 0.3 is 12.1 Å². The smallest absolute Gasteiger partial charge is 0.408 e. The number of anilines is 2. The molecule has 0 radical (unpaired) electrons. The number of hydrogen-bond acceptors (Lipinski definition) is 8. The highest BCUT2D eigenvalue weighted by Crippen LogP contribution is 2.22. The molecule has 10 nitrogen and oxygen atoms in total. The van der Waals surface area contributed by atoms with Crippen LogP contribution in [-0.4, -0.2) is 54.1 Å². The first-order valence-corrected chi connectivity index (χ1v) is 12.5. The van der Waals surface area contributed by atoms with Gasteiger partial charge in [-0.2, -0.15) is 0 Å². The topological polar surface area (TPSA) is 146 Å². The number of benzene rings is 2. The first-order chi connectivity index (χ1) is 18.5. The zero-order chi connectivity index (χ0) is 26.7. The number of carbonyl (C=O) groups is 2. The van der Waals surface area contributed by atoms with Crippen LogP contribution < -0.4 is 20.7 Å². The van der Waals surface area contributed by atoms with Gasteiger partial charge in [0.15, 0.2) is 0 Å². The van der Waals surface area contributed by atoms with Gasteiger partial charge in [0.05, 0.1) is 6.61 Å². The largest absolute Gasteiger partial charge is 0.493 e. The fourth-order valence-corrected chi connectivity index (χ4v) is 4.01. The van der Waals surface area contributed by atoms with Crippen molar-refractivity contribution in [3.8, 4) is 5.75 Å². The van der Waals surface area contributed by atoms with Gasteiger partial charge in [-0.3, -0.25) is 0 Å². The molecule has 4 rings (SSSR count). The van der Waals surface area contributed by atoms with Crippen LogP contribution in [0.15, 0.2) is 60.7 Å². The predicted octanol–water partition coefficient (Wildman–Crippen LogP) is 3.85. The third-order valence-corrected chi connectivity index (χ3v) is 6.06. The van der Waals surface area contributed by atoms with Crippen LogP contribution in [0.3, 0.4) is 0 Å². The molecular formula is C28H31N5O5. The normalized spacial score (nSPS) is 12.8. The number of carboxylic acids is 1. The van der Waals surface area contributed by atoms with Crippen molar-refractivity contribution in [1.82, 2.24) is 10.3 Å². The molecule has 5 N–H and O–H groups in total. The highest BCUT2D eigenvalue weighted by Gasteiger charge is 2.21. The summed E-state index contributed by atoms with van der Waals surface area (Å²) >= 11 is 0. The van der Waals surface area contributed by atoms with Gasteiger partial charge in [-0.1, -0.05) is 36.4 Å². The number of pyridine rings is 1. The van der Waals surface area contributed by atoms with Crippen molar-refractivity contribution in [2.24, 2.45) is 0 Å². The fourth-order valence-electron chi connectivity index (χ4n) is 4.01. The lowest BCUT2D eigenvalue weighted by atomic mass is 10.1. The fraction of sp³-hybridized carbons (Fsp3) is 0.286. The van der Waals surface area contributed by atoms with Crippen molar-refractivity contribution in [2.75, 3.05) is 30.3 Å². The molecule has 1 unspecified atom stereocenters. The molecule has 0 spiro atoms. The van der Waals surface area contributed by atoms with E-state index in [1.807, 2.05) is 24.3 Å². The second kappa shape index (κ2) is 13.1. The molecule has 0 saturated carbocycles. The average molecular weight is 518 g/mol. The molecule has 3 aromatic rings. The van der Waals surface area contributed by atoms with Gasteiger partial charge in [0.25, 0.3) is 0 Å². The van der Waals surface area contributed by atoms with Gasteiger partial charge in [-0.25, -0.2) is 14.6 Å². The molecule has 2 heterocycles. The Morgan fingerprint density at radius 2 is 2.00 bits per heavy atom. The number of carbonyl (C=O) groups excluding carboxylic acids is 1. The van der Waals surface area contributed by atoms with Crippen LogP contribution in [0.5, 0.6) is 5.75 Å². The first-order valence-electron chi connectivity index (χ1n) is 12.5. The van der Waals surface area contributed by atoms with Gasteiger partial charge in [-0.05, 0) is 48.2 Å². The van der Waals surface area contributed by atoms with Crippen LogP contribution in [-0.2, 0) is 29.0 Å². The molecule has 38 heavy (non-hydrogen) atoms. The third kappa shape index (κ3) is 7.45. The summed E-state index contributed by atoms with van der Waals surface area (Å²) in [6.45, 7) is 1.29. The molecule has 0 bridgehead atoms. The number of fused-ring (bicyclic) bond motifs is 1. The molecule has 10 heteroatoms. The minimum Gasteiger partial charge on any atom is -0.493 e. The van der Waals surface area contributed by atoms with E-state index in [2.05, 4.69) is 27.0 Å². The number of rotatable bonds is 12. The predicted molar refractivity (Wildman–Crippen MR) is 144 cm³/mol. The second-order valence-corrected chi connectivity index (χ2v) is 8.81. The molecule has 1 aliphatic heterocycles. The highest BCUT2D eigenvalue weighted by atomic mass is 16.5. The number of nitrogens with zero attached hydrogens (tertiary/aromatic N) is 1. The summed E-state index contributed by atoms with van der Waals surface area (Å²) in [4.78, 5) is 28.4. The van der Waals surface area contributed by atoms with Crippen LogP contribution >= 0.6 is 0 Å². The molecule has 1 amide bonds. The lowest BCUT2D eigenvalue weighted by Crippen LogP contribution is -2.45. The summed E-state index contributed by atoms with van der Waals surface area (Å²) in [6.07, 6.45) is 3.13. The Labute approximate surface area is 220 Å². The van der Waals surface area contributed by atoms with Crippen molar-refractivity contribution < 1.29 is 24.2 Å². The molecule has 0 aliphatic carbocycles. The van der Waals surface area contributed by atoms with Crippen LogP contribution in [0.4, 0.5) is 16.3 Å². The van der Waals surface area contributed by atoms with Crippen molar-refractivity contribution in [2.45, 2.75) is 31.9 Å². The minimum absolute atomic E-state index is 0.0330. The number of aliphatic carboxylic acids is 1. The van der Waals surface area contributed by atoms with Crippen LogP contribution in [0.1, 0.15) is 28.8 Å². The maximum Gasteiger partial charge on any atom is 0.408 e. The molecule has 1 aromatic heterocycles. The minimum atomic E-state index is -1.23. The van der Waals surface area contributed by atoms with Crippen molar-refractivity contribution >= 4 is 29.8 Å². The number of hydrogen-bond donors (Lipinski definition) is 5. The maximum absolute atomic E-state index is 12.1. The molecule has 0 saturated heterocycles. The van der Waals surface area contributed by atoms with Gasteiger partial charge in [0.1, 0.15) is 24.2 Å². The quantitative estimate of drug-likeness (QED) is 0.228. The Morgan fingerprint density at radius 3 is 2.79 bits per heavy atom. The summed E-state index contributed by atoms with van der Waals surface area (Å²) in [5, 5.41) is 26.0. The Morgan fingerprint density at radius 1 is 1.16 bits per heavy atom. The van der Waals surface area contributed by atoms with Crippen LogP contribution in [0.25, 0.3) is 0 Å². The number of carboxylic acid groups (broad SMARTS) is 1. The molecular weight excluding hydrogens is 486 g/mol. The van der Waals surface area contributed by atoms with E-state index in [4.69, 9.17) is 14.9 Å². The van der Waals surface area contributed by atoms with Crippen molar-refractivity contribution in [1.29, 1.82) is 5.41 Å². The maximum atomic E-state index is 12.1. The monoisotopic (exact) mass is 517 g/mol. The lowest BCUT2D eigenvalue weighted by Gasteiger charge is -2.18. The summed E-state index contributed by atoms with van der Waals surface area (Å²) in [5.41, 5.74) is 4.04. The van der Waals surface area contributed by atoms with Crippen molar-refractivity contribution in [3.05, 3.63) is 83.0 Å². The van der Waals surface area contributed by atoms with Gasteiger partial charge in [-0.15, -0.1) is 0 Å². The van der Waals surface area contributed by atoms with Crippen LogP contribution in [0.2, 0.25) is 0 Å². The molecule has 0 fully saturated rings. The zero-order valence-electron chi connectivity index (χ0n) is 20.9. The molecule has 2 aromatic carbocycles. The Kier molecular flexibility index (Phi) is 9.12. The number of amides is 1. The first kappa shape index (κ1) is 26.5. The second-order valence-electron chi connectivity index (χ2n) is 8.81. The Balaban J connectivity index is 1.27. The summed E-state index contributed by atoms with van der Waals surface area (Å²) in [6, 6.07) is 17.2. The molecule has 1 atom stereocenters. The highest BCUT2D eigenvalue weighted by molar-refractivity contribution is 5.87. The summed E-state index contributed by atoms with van der Waals surface area (Å²) in [5.74, 6) is 0.327. The van der Waals surface area contributed by atoms with Gasteiger partial charge < -0.3 is 35.9 Å². The molecule has 198 valence electrons. The number of nitrogens with one attached hydrogen (secondary N) is 4. The van der Waals surface area contributed by atoms with E-state index < -0.39 is 18.1 Å². The third-order valence-electron chi connectivity index (χ3n) is 6.06. The Hall–Kier alpha value is -4.60. The van der Waals surface area contributed by atoms with E-state index in [1.54, 1.807) is 30.3 Å². The van der Waals surface area contributed by atoms with E-state index in [9.17, 15) is 14.7 Å². The van der Waals surface area contributed by atoms with Gasteiger partial charge in [0.2, 0.25) is 0 Å². The lowest BCUT2D eigenvalue weighted by molar-refractivity contribution is -0.139. The van der Waals surface area contributed by atoms with E-state index in [0.29, 0.717) is 30.0 Å². The zero-order valence-corrected chi connectivity index (χ0v) is 20.9. The van der Waals surface area contributed by atoms with E-state index in [0.717, 1.165) is 42.7 Å². The molecule has 1 aliphatic rings. The summed E-state index contributed by atoms with van der Waals surface area (Å²) in [7, 11) is 0. The average Bonchev–Trinajstić information content (AvgIpc) is 2.94. The number of aryl methyl sites for hydroxylation is 1. The number of aromatic nitrogens is 1. The van der Waals surface area contributed by atoms with Gasteiger partial charge in [0, 0.05) is 42.7 Å². The SMILES string of the molecule is N=Cc1cc(OCCc2ccc3c(n2)NCCC3)ccc1NCC(NC(=O)OCc1ccccc1)C(=O)O. The van der Waals surface area contributed by atoms with E-state index in [1.165, 1.54) is 5.56 Å². The van der Waals surface area contributed by atoms with Crippen molar-refractivity contribution in [3.63, 3.8) is 0 Å². The summed E-state index contributed by atoms with van der Waals surface area (Å²) < 4.78 is 11.0. The van der Waals surface area contributed by atoms with E-state index >= 15 is 0 Å². The number of ether oxygens (including phenoxy) is 2. The standard InChI is InChI=1S/C28H31N5O5/c29-16-21-15-23(37-14-12-22-9-8-20-7-4-13-30-26(20)32-22)10-11-24(21)31-17-25(27(34)35)33-28(36)38-18-19-5-2-1-3-6-19/h1-3,5-6,8-11,15-16,25,29,31H,4,7,12-14,17-18H2,(H,30,32)(H,33,36)(H,34,35).